The van der Waals surface area contributed by atoms with E-state index in [4.69, 9.17) is 9.47 Å². The first-order valence-electron chi connectivity index (χ1n) is 16.8. The third-order valence-electron chi connectivity index (χ3n) is 9.98. The molecule has 0 aromatic heterocycles. The highest BCUT2D eigenvalue weighted by molar-refractivity contribution is 9.11. The van der Waals surface area contributed by atoms with E-state index in [2.05, 4.69) is 21.2 Å². The Kier molecular flexibility index (Phi) is 9.41. The highest BCUT2D eigenvalue weighted by atomic mass is 79.9. The van der Waals surface area contributed by atoms with Crippen LogP contribution < -0.4 is 10.2 Å². The average molecular weight is 729 g/mol. The summed E-state index contributed by atoms with van der Waals surface area (Å²) in [5.74, 6) is -3.44. The molecule has 0 saturated carbocycles. The monoisotopic (exact) mass is 727 g/mol. The number of cyclic esters (lactones) is 1. The van der Waals surface area contributed by atoms with Gasteiger partial charge in [0.2, 0.25) is 11.8 Å². The standard InChI is InChI=1S/C38H38BrN3O7/c39-28-22-38-32-31(33(28)49-38)35(45)40-29(25-12-3-1-4-13-25)23-48-30(44)15-5-2-8-18-41(27-17-16-24-11-6-7-14-26(24)21-27)37(47)34(38)42(36(32)46)19-9-10-20-43/h1-4,6-8,11-14,16-17,21-22,29,31-34,43H,5,9-10,15,18-20,23H2,(H,40,45)/b8-2-/t29-,31-,32+,33-,34-,38+/m1/s1. The first-order chi connectivity index (χ1) is 23.8. The maximum absolute atomic E-state index is 15.1. The van der Waals surface area contributed by atoms with Crippen molar-refractivity contribution in [3.05, 3.63) is 101 Å². The normalized spacial score (nSPS) is 29.5. The third-order valence-corrected chi connectivity index (χ3v) is 10.7. The number of rotatable bonds is 6. The van der Waals surface area contributed by atoms with Crippen LogP contribution >= 0.6 is 15.9 Å². The molecule has 2 N–H and O–H groups in total. The Morgan fingerprint density at radius 1 is 0.918 bits per heavy atom. The molecule has 3 aromatic rings. The van der Waals surface area contributed by atoms with Crippen molar-refractivity contribution in [2.24, 2.45) is 11.8 Å². The Hall–Kier alpha value is -4.32. The van der Waals surface area contributed by atoms with Gasteiger partial charge in [-0.2, -0.15) is 0 Å². The number of aliphatic hydroxyl groups is 1. The van der Waals surface area contributed by atoms with E-state index in [0.29, 0.717) is 29.4 Å². The van der Waals surface area contributed by atoms with E-state index in [9.17, 15) is 19.5 Å². The Morgan fingerprint density at radius 2 is 1.69 bits per heavy atom. The molecule has 7 rings (SSSR count). The van der Waals surface area contributed by atoms with Gasteiger partial charge in [-0.15, -0.1) is 0 Å². The minimum Gasteiger partial charge on any atom is -0.463 e. The maximum atomic E-state index is 15.1. The lowest BCUT2D eigenvalue weighted by atomic mass is 9.74. The van der Waals surface area contributed by atoms with Crippen LogP contribution in [-0.4, -0.2) is 77.7 Å². The fourth-order valence-corrected chi connectivity index (χ4v) is 8.40. The van der Waals surface area contributed by atoms with Gasteiger partial charge in [-0.3, -0.25) is 19.2 Å². The fraction of sp³-hybridized carbons (Fsp3) is 0.368. The molecular weight excluding hydrogens is 690 g/mol. The van der Waals surface area contributed by atoms with E-state index >= 15 is 4.79 Å². The van der Waals surface area contributed by atoms with E-state index in [-0.39, 0.29) is 44.5 Å². The molecule has 4 aliphatic rings. The first kappa shape index (κ1) is 33.2. The second-order valence-electron chi connectivity index (χ2n) is 12.9. The predicted octanol–water partition coefficient (Wildman–Crippen LogP) is 4.57. The summed E-state index contributed by atoms with van der Waals surface area (Å²) in [6.45, 7) is 0.257. The number of unbranched alkanes of at least 4 members (excludes halogenated alkanes) is 1. The second kappa shape index (κ2) is 13.9. The van der Waals surface area contributed by atoms with Crippen LogP contribution in [0.2, 0.25) is 0 Å². The molecule has 1 spiro atoms. The molecule has 2 saturated heterocycles. The number of nitrogens with zero attached hydrogens (tertiary/aromatic N) is 2. The van der Waals surface area contributed by atoms with Crippen LogP contribution in [0.4, 0.5) is 5.69 Å². The number of benzene rings is 3. The number of esters is 1. The molecule has 2 fully saturated rings. The SMILES string of the molecule is O=C1CC/C=C\CN(c2ccc3ccccc3c2)C(=O)[C@H]2N(CCCCO)C(=O)[C@@H]3[C@@H](C(=O)N[C@@H](c4ccccc4)CO1)[C@@H]1O[C@@]32C=C1Br. The number of ether oxygens (including phenoxy) is 2. The van der Waals surface area contributed by atoms with E-state index in [1.54, 1.807) is 15.9 Å². The highest BCUT2D eigenvalue weighted by Gasteiger charge is 2.74. The van der Waals surface area contributed by atoms with Gasteiger partial charge in [0.15, 0.2) is 0 Å². The number of anilines is 1. The summed E-state index contributed by atoms with van der Waals surface area (Å²) >= 11 is 3.62. The molecule has 5 bridgehead atoms. The lowest BCUT2D eigenvalue weighted by Crippen LogP contribution is -2.56. The minimum absolute atomic E-state index is 0.0519. The number of hydrogen-bond donors (Lipinski definition) is 2. The molecule has 11 heteroatoms. The van der Waals surface area contributed by atoms with Crippen LogP contribution in [0.5, 0.6) is 0 Å². The third kappa shape index (κ3) is 6.08. The van der Waals surface area contributed by atoms with Gasteiger partial charge in [-0.05, 0) is 53.8 Å². The number of carbonyl (C=O) groups is 4. The largest absolute Gasteiger partial charge is 0.463 e. The van der Waals surface area contributed by atoms with Crippen molar-refractivity contribution in [2.75, 3.05) is 31.2 Å². The highest BCUT2D eigenvalue weighted by Crippen LogP contribution is 2.58. The van der Waals surface area contributed by atoms with E-state index in [1.807, 2.05) is 84.9 Å². The Balaban J connectivity index is 1.33. The number of hydrogen-bond acceptors (Lipinski definition) is 7. The van der Waals surface area contributed by atoms with Crippen LogP contribution in [0.3, 0.4) is 0 Å². The van der Waals surface area contributed by atoms with E-state index < -0.39 is 47.5 Å². The quantitative estimate of drug-likeness (QED) is 0.217. The van der Waals surface area contributed by atoms with Crippen LogP contribution in [0.25, 0.3) is 10.8 Å². The van der Waals surface area contributed by atoms with Gasteiger partial charge in [-0.1, -0.05) is 88.7 Å². The molecule has 0 aliphatic carbocycles. The molecule has 3 aromatic carbocycles. The molecule has 0 unspecified atom stereocenters. The number of carbonyl (C=O) groups excluding carboxylic acids is 4. The summed E-state index contributed by atoms with van der Waals surface area (Å²) in [6, 6.07) is 21.2. The molecule has 10 nitrogen and oxygen atoms in total. The summed E-state index contributed by atoms with van der Waals surface area (Å²) in [5.41, 5.74) is -0.0124. The number of amides is 3. The lowest BCUT2D eigenvalue weighted by molar-refractivity contribution is -0.145. The summed E-state index contributed by atoms with van der Waals surface area (Å²) in [7, 11) is 0. The van der Waals surface area contributed by atoms with Crippen molar-refractivity contribution in [3.63, 3.8) is 0 Å². The van der Waals surface area contributed by atoms with Gasteiger partial charge >= 0.3 is 5.97 Å². The summed E-state index contributed by atoms with van der Waals surface area (Å²) in [5, 5.41) is 14.6. The number of halogens is 1. The zero-order chi connectivity index (χ0) is 34.1. The van der Waals surface area contributed by atoms with Crippen molar-refractivity contribution >= 4 is 56.1 Å². The van der Waals surface area contributed by atoms with E-state index in [0.717, 1.165) is 16.3 Å². The van der Waals surface area contributed by atoms with Gasteiger partial charge in [0.05, 0.1) is 17.9 Å². The smallest absolute Gasteiger partial charge is 0.306 e. The van der Waals surface area contributed by atoms with Crippen LogP contribution in [-0.2, 0) is 28.7 Å². The van der Waals surface area contributed by atoms with Crippen molar-refractivity contribution < 1.29 is 33.8 Å². The maximum Gasteiger partial charge on any atom is 0.306 e. The molecule has 4 aliphatic heterocycles. The molecule has 254 valence electrons. The zero-order valence-electron chi connectivity index (χ0n) is 26.9. The van der Waals surface area contributed by atoms with Crippen LogP contribution in [0.1, 0.15) is 37.3 Å². The van der Waals surface area contributed by atoms with Gasteiger partial charge < -0.3 is 29.7 Å². The summed E-state index contributed by atoms with van der Waals surface area (Å²) in [6.07, 6.45) is 6.16. The van der Waals surface area contributed by atoms with Gasteiger partial charge in [0.1, 0.15) is 24.4 Å². The summed E-state index contributed by atoms with van der Waals surface area (Å²) in [4.78, 5) is 59.9. The minimum atomic E-state index is -1.40. The lowest BCUT2D eigenvalue weighted by Gasteiger charge is -2.36. The first-order valence-corrected chi connectivity index (χ1v) is 17.5. The van der Waals surface area contributed by atoms with Gasteiger partial charge in [-0.25, -0.2) is 0 Å². The Bertz CT molecular complexity index is 1830. The molecular formula is C38H38BrN3O7. The summed E-state index contributed by atoms with van der Waals surface area (Å²) < 4.78 is 12.9. The molecule has 6 atom stereocenters. The Morgan fingerprint density at radius 3 is 2.49 bits per heavy atom. The molecule has 49 heavy (non-hydrogen) atoms. The topological polar surface area (TPSA) is 125 Å². The van der Waals surface area contributed by atoms with Crippen LogP contribution in [0, 0.1) is 11.8 Å². The van der Waals surface area contributed by atoms with Gasteiger partial charge in [0.25, 0.3) is 5.91 Å². The van der Waals surface area contributed by atoms with Crippen LogP contribution in [0.15, 0.2) is 95.5 Å². The van der Waals surface area contributed by atoms with Gasteiger partial charge in [0, 0.05) is 36.3 Å². The van der Waals surface area contributed by atoms with Crippen molar-refractivity contribution in [1.29, 1.82) is 0 Å². The number of nitrogens with one attached hydrogen (secondary N) is 1. The predicted molar refractivity (Wildman–Crippen MR) is 186 cm³/mol. The average Bonchev–Trinajstić information content (AvgIpc) is 3.71. The number of allylic oxidation sites excluding steroid dienone is 1. The van der Waals surface area contributed by atoms with Crippen molar-refractivity contribution in [1.82, 2.24) is 10.2 Å². The second-order valence-corrected chi connectivity index (χ2v) is 13.9. The zero-order valence-corrected chi connectivity index (χ0v) is 28.5. The number of fused-ring (bicyclic) bond motifs is 3. The molecule has 3 amide bonds. The van der Waals surface area contributed by atoms with Crippen molar-refractivity contribution in [3.8, 4) is 0 Å². The van der Waals surface area contributed by atoms with Crippen molar-refractivity contribution in [2.45, 2.75) is 49.5 Å². The van der Waals surface area contributed by atoms with E-state index in [1.165, 1.54) is 0 Å². The fourth-order valence-electron chi connectivity index (χ4n) is 7.67. The number of likely N-dealkylation sites (tertiary alicyclic amines) is 1. The molecule has 0 radical (unpaired) electrons. The molecule has 4 heterocycles. The Labute approximate surface area is 292 Å². The number of aliphatic hydroxyl groups excluding tert-OH is 1.